The smallest absolute Gasteiger partial charge is 0.0658 e. The molecule has 0 aromatic rings. The van der Waals surface area contributed by atoms with Crippen molar-refractivity contribution < 1.29 is 0 Å². The molecule has 0 heterocycles. The minimum atomic E-state index is 0.433. The van der Waals surface area contributed by atoms with E-state index in [9.17, 15) is 5.26 Å². The summed E-state index contributed by atoms with van der Waals surface area (Å²) in [4.78, 5) is 0. The Labute approximate surface area is 91.9 Å². The fraction of sp³-hybridized carbons (Fsp3) is 0.929. The maximum absolute atomic E-state index is 9.19. The summed E-state index contributed by atoms with van der Waals surface area (Å²) in [5.74, 6) is 7.26. The highest BCUT2D eigenvalue weighted by atomic mass is 14.7. The number of hydrogen-bond donors (Lipinski definition) is 0. The summed E-state index contributed by atoms with van der Waals surface area (Å²) >= 11 is 0. The van der Waals surface area contributed by atoms with E-state index in [0.717, 1.165) is 41.4 Å². The third-order valence-electron chi connectivity index (χ3n) is 6.32. The van der Waals surface area contributed by atoms with Crippen molar-refractivity contribution >= 4 is 0 Å². The molecule has 15 heavy (non-hydrogen) atoms. The van der Waals surface area contributed by atoms with Crippen LogP contribution in [-0.4, -0.2) is 0 Å². The van der Waals surface area contributed by atoms with Crippen molar-refractivity contribution in [3.8, 4) is 6.07 Å². The summed E-state index contributed by atoms with van der Waals surface area (Å²) in [6, 6.07) is 2.58. The van der Waals surface area contributed by atoms with Gasteiger partial charge in [-0.2, -0.15) is 5.26 Å². The summed E-state index contributed by atoms with van der Waals surface area (Å²) in [5, 5.41) is 9.19. The monoisotopic (exact) mass is 201 g/mol. The van der Waals surface area contributed by atoms with Crippen LogP contribution in [0, 0.1) is 58.7 Å². The van der Waals surface area contributed by atoms with Crippen molar-refractivity contribution in [2.75, 3.05) is 0 Å². The van der Waals surface area contributed by atoms with Gasteiger partial charge in [0.25, 0.3) is 0 Å². The summed E-state index contributed by atoms with van der Waals surface area (Å²) in [7, 11) is 0. The van der Waals surface area contributed by atoms with Gasteiger partial charge in [0.05, 0.1) is 6.07 Å². The second-order valence-electron chi connectivity index (χ2n) is 6.66. The Morgan fingerprint density at radius 1 is 0.933 bits per heavy atom. The lowest BCUT2D eigenvalue weighted by atomic mass is 9.65. The molecule has 0 aromatic carbocycles. The molecule has 4 aliphatic rings. The van der Waals surface area contributed by atoms with Crippen molar-refractivity contribution in [3.63, 3.8) is 0 Å². The molecule has 8 atom stereocenters. The zero-order valence-electron chi connectivity index (χ0n) is 9.39. The van der Waals surface area contributed by atoms with Crippen molar-refractivity contribution in [1.29, 1.82) is 5.26 Å². The van der Waals surface area contributed by atoms with E-state index in [1.165, 1.54) is 25.7 Å². The van der Waals surface area contributed by atoms with Crippen molar-refractivity contribution in [1.82, 2.24) is 0 Å². The van der Waals surface area contributed by atoms with Crippen LogP contribution in [0.25, 0.3) is 0 Å². The van der Waals surface area contributed by atoms with Crippen molar-refractivity contribution in [2.45, 2.75) is 32.6 Å². The van der Waals surface area contributed by atoms with Crippen molar-refractivity contribution in [3.05, 3.63) is 0 Å². The second-order valence-corrected chi connectivity index (χ2v) is 6.66. The van der Waals surface area contributed by atoms with E-state index in [2.05, 4.69) is 13.0 Å². The summed E-state index contributed by atoms with van der Waals surface area (Å²) < 4.78 is 0. The van der Waals surface area contributed by atoms with Gasteiger partial charge in [-0.15, -0.1) is 0 Å². The van der Waals surface area contributed by atoms with Crippen LogP contribution in [0.4, 0.5) is 0 Å². The molecule has 1 nitrogen and oxygen atoms in total. The van der Waals surface area contributed by atoms with Gasteiger partial charge in [0.15, 0.2) is 0 Å². The summed E-state index contributed by atoms with van der Waals surface area (Å²) in [5.41, 5.74) is 0. The molecule has 4 fully saturated rings. The van der Waals surface area contributed by atoms with Crippen LogP contribution in [0.15, 0.2) is 0 Å². The van der Waals surface area contributed by atoms with E-state index in [1.54, 1.807) is 0 Å². The molecule has 0 amide bonds. The second kappa shape index (κ2) is 2.59. The molecule has 80 valence electrons. The highest BCUT2D eigenvalue weighted by Crippen LogP contribution is 2.69. The molecule has 4 saturated carbocycles. The zero-order valence-corrected chi connectivity index (χ0v) is 9.39. The number of hydrogen-bond acceptors (Lipinski definition) is 1. The number of nitriles is 1. The minimum absolute atomic E-state index is 0.433. The predicted octanol–water partition coefficient (Wildman–Crippen LogP) is 3.07. The standard InChI is InChI=1S/C14H19N/c1-7-2-8-4-11(7)14-12-5-9(13(8)14)3-10(12)6-15/h7-14H,2-5H2,1H3. The fourth-order valence-corrected chi connectivity index (χ4v) is 6.08. The first kappa shape index (κ1) is 8.62. The molecule has 0 aromatic heterocycles. The Balaban J connectivity index is 1.71. The zero-order chi connectivity index (χ0) is 10.2. The molecule has 0 N–H and O–H groups in total. The van der Waals surface area contributed by atoms with Crippen LogP contribution >= 0.6 is 0 Å². The molecule has 0 radical (unpaired) electrons. The molecule has 0 spiro atoms. The Hall–Kier alpha value is -0.510. The Morgan fingerprint density at radius 2 is 1.67 bits per heavy atom. The van der Waals surface area contributed by atoms with E-state index in [1.807, 2.05) is 0 Å². The molecule has 0 saturated heterocycles. The maximum atomic E-state index is 9.19. The van der Waals surface area contributed by atoms with Crippen molar-refractivity contribution in [2.24, 2.45) is 47.3 Å². The highest BCUT2D eigenvalue weighted by Gasteiger charge is 2.63. The third-order valence-corrected chi connectivity index (χ3v) is 6.32. The summed E-state index contributed by atoms with van der Waals surface area (Å²) in [6.45, 7) is 2.45. The highest BCUT2D eigenvalue weighted by molar-refractivity contribution is 5.15. The van der Waals surface area contributed by atoms with E-state index >= 15 is 0 Å². The van der Waals surface area contributed by atoms with Gasteiger partial charge < -0.3 is 0 Å². The Bertz CT molecular complexity index is 342. The largest absolute Gasteiger partial charge is 0.198 e. The topological polar surface area (TPSA) is 23.8 Å². The molecule has 4 bridgehead atoms. The van der Waals surface area contributed by atoms with Crippen LogP contribution in [-0.2, 0) is 0 Å². The van der Waals surface area contributed by atoms with E-state index in [-0.39, 0.29) is 0 Å². The minimum Gasteiger partial charge on any atom is -0.198 e. The van der Waals surface area contributed by atoms with Gasteiger partial charge in [-0.05, 0) is 67.1 Å². The number of fused-ring (bicyclic) bond motifs is 9. The van der Waals surface area contributed by atoms with E-state index in [4.69, 9.17) is 0 Å². The average Bonchev–Trinajstić information content (AvgIpc) is 2.91. The van der Waals surface area contributed by atoms with Gasteiger partial charge in [0.2, 0.25) is 0 Å². The molecular weight excluding hydrogens is 182 g/mol. The van der Waals surface area contributed by atoms with Gasteiger partial charge in [-0.25, -0.2) is 0 Å². The SMILES string of the molecule is CC1CC2CC1C1C3CC(CC3C#N)C21. The quantitative estimate of drug-likeness (QED) is 0.552. The lowest BCUT2D eigenvalue weighted by molar-refractivity contribution is 0.0939. The first-order chi connectivity index (χ1) is 7.29. The molecule has 1 heteroatoms. The molecule has 8 unspecified atom stereocenters. The summed E-state index contributed by atoms with van der Waals surface area (Å²) in [6.07, 6.45) is 5.68. The first-order valence-corrected chi connectivity index (χ1v) is 6.69. The van der Waals surface area contributed by atoms with Gasteiger partial charge in [0, 0.05) is 5.92 Å². The molecule has 4 rings (SSSR count). The number of rotatable bonds is 0. The Morgan fingerprint density at radius 3 is 2.47 bits per heavy atom. The lowest BCUT2D eigenvalue weighted by Gasteiger charge is -2.39. The lowest BCUT2D eigenvalue weighted by Crippen LogP contribution is -2.34. The fourth-order valence-electron chi connectivity index (χ4n) is 6.08. The van der Waals surface area contributed by atoms with Crippen LogP contribution < -0.4 is 0 Å². The normalized spacial score (nSPS) is 64.5. The number of nitrogens with zero attached hydrogens (tertiary/aromatic N) is 1. The predicted molar refractivity (Wildman–Crippen MR) is 57.7 cm³/mol. The van der Waals surface area contributed by atoms with Gasteiger partial charge >= 0.3 is 0 Å². The van der Waals surface area contributed by atoms with Gasteiger partial charge in [0.1, 0.15) is 0 Å². The third kappa shape index (κ3) is 0.861. The van der Waals surface area contributed by atoms with Crippen LogP contribution in [0.1, 0.15) is 32.6 Å². The van der Waals surface area contributed by atoms with Gasteiger partial charge in [-0.3, -0.25) is 0 Å². The maximum Gasteiger partial charge on any atom is 0.0658 e. The first-order valence-electron chi connectivity index (χ1n) is 6.69. The Kier molecular flexibility index (Phi) is 1.49. The van der Waals surface area contributed by atoms with Crippen LogP contribution in [0.2, 0.25) is 0 Å². The molecule has 4 aliphatic carbocycles. The average molecular weight is 201 g/mol. The van der Waals surface area contributed by atoms with E-state index < -0.39 is 0 Å². The van der Waals surface area contributed by atoms with Gasteiger partial charge in [-0.1, -0.05) is 6.92 Å². The molecular formula is C14H19N. The van der Waals surface area contributed by atoms with Crippen LogP contribution in [0.5, 0.6) is 0 Å². The molecule has 0 aliphatic heterocycles. The van der Waals surface area contributed by atoms with Crippen LogP contribution in [0.3, 0.4) is 0 Å². The van der Waals surface area contributed by atoms with E-state index in [0.29, 0.717) is 5.92 Å².